The van der Waals surface area contributed by atoms with E-state index in [-0.39, 0.29) is 10.0 Å². The van der Waals surface area contributed by atoms with Gasteiger partial charge in [-0.25, -0.2) is 8.78 Å². The van der Waals surface area contributed by atoms with Crippen molar-refractivity contribution in [1.82, 2.24) is 0 Å². The van der Waals surface area contributed by atoms with Gasteiger partial charge in [0.05, 0.1) is 10.0 Å². The third-order valence-corrected chi connectivity index (χ3v) is 3.99. The second-order valence-corrected chi connectivity index (χ2v) is 5.47. The number of hydrogen-bond acceptors (Lipinski definition) is 1. The average Bonchev–Trinajstić information content (AvgIpc) is 2.43. The van der Waals surface area contributed by atoms with Crippen LogP contribution in [0.3, 0.4) is 0 Å². The Morgan fingerprint density at radius 3 is 2.79 bits per heavy atom. The molecule has 0 saturated carbocycles. The number of hydrogen-bond donors (Lipinski definition) is 1. The summed E-state index contributed by atoms with van der Waals surface area (Å²) in [5.74, 6) is -1.09. The van der Waals surface area contributed by atoms with Crippen molar-refractivity contribution in [2.24, 2.45) is 0 Å². The molecular weight excluding hydrogens is 312 g/mol. The van der Waals surface area contributed by atoms with Crippen LogP contribution >= 0.6 is 15.9 Å². The quantitative estimate of drug-likeness (QED) is 0.746. The van der Waals surface area contributed by atoms with E-state index >= 15 is 0 Å². The van der Waals surface area contributed by atoms with Crippen LogP contribution in [0.5, 0.6) is 0 Å². The first-order chi connectivity index (χ1) is 9.16. The molecule has 4 heteroatoms. The third-order valence-electron chi connectivity index (χ3n) is 3.38. The highest BCUT2D eigenvalue weighted by atomic mass is 79.9. The highest BCUT2D eigenvalue weighted by molar-refractivity contribution is 9.10. The molecule has 0 spiro atoms. The summed E-state index contributed by atoms with van der Waals surface area (Å²) in [6, 6.07) is 8.18. The van der Waals surface area contributed by atoms with Gasteiger partial charge >= 0.3 is 0 Å². The molecule has 0 bridgehead atoms. The van der Waals surface area contributed by atoms with Crippen LogP contribution in [0, 0.1) is 11.6 Å². The predicted molar refractivity (Wildman–Crippen MR) is 76.3 cm³/mol. The van der Waals surface area contributed by atoms with E-state index in [1.807, 2.05) is 12.1 Å². The molecule has 0 saturated heterocycles. The Bertz CT molecular complexity index is 640. The topological polar surface area (TPSA) is 12.0 Å². The molecule has 1 N–H and O–H groups in total. The minimum Gasteiger partial charge on any atom is -0.385 e. The van der Waals surface area contributed by atoms with Crippen LogP contribution in [0.15, 0.2) is 34.8 Å². The molecule has 0 amide bonds. The SMILES string of the molecule is Fc1ccc(Br)c(F)c1-c1ccc2c(c1)CCCN2. The summed E-state index contributed by atoms with van der Waals surface area (Å²) in [6.45, 7) is 0.950. The lowest BCUT2D eigenvalue weighted by Gasteiger charge is -2.19. The normalized spacial score (nSPS) is 13.8. The van der Waals surface area contributed by atoms with E-state index in [1.54, 1.807) is 6.07 Å². The summed E-state index contributed by atoms with van der Waals surface area (Å²) < 4.78 is 28.2. The highest BCUT2D eigenvalue weighted by Crippen LogP contribution is 2.33. The van der Waals surface area contributed by atoms with Crippen molar-refractivity contribution in [2.45, 2.75) is 12.8 Å². The van der Waals surface area contributed by atoms with E-state index in [9.17, 15) is 8.78 Å². The third kappa shape index (κ3) is 2.25. The first kappa shape index (κ1) is 12.6. The first-order valence-electron chi connectivity index (χ1n) is 6.17. The molecule has 1 aliphatic rings. The molecule has 3 rings (SSSR count). The summed E-state index contributed by atoms with van der Waals surface area (Å²) in [5, 5.41) is 3.29. The van der Waals surface area contributed by atoms with Crippen molar-refractivity contribution >= 4 is 21.6 Å². The molecule has 0 fully saturated rings. The van der Waals surface area contributed by atoms with Gasteiger partial charge in [0.1, 0.15) is 11.6 Å². The number of nitrogens with one attached hydrogen (secondary N) is 1. The molecule has 1 heterocycles. The number of aryl methyl sites for hydroxylation is 1. The van der Waals surface area contributed by atoms with Crippen molar-refractivity contribution in [3.05, 3.63) is 52.0 Å². The Balaban J connectivity index is 2.15. The first-order valence-corrected chi connectivity index (χ1v) is 6.97. The zero-order chi connectivity index (χ0) is 13.4. The van der Waals surface area contributed by atoms with Gasteiger partial charge < -0.3 is 5.32 Å². The molecule has 2 aromatic rings. The van der Waals surface area contributed by atoms with E-state index in [0.717, 1.165) is 30.6 Å². The van der Waals surface area contributed by atoms with Crippen LogP contribution in [-0.2, 0) is 6.42 Å². The smallest absolute Gasteiger partial charge is 0.148 e. The number of anilines is 1. The zero-order valence-corrected chi connectivity index (χ0v) is 11.7. The molecule has 98 valence electrons. The van der Waals surface area contributed by atoms with Gasteiger partial charge in [0.2, 0.25) is 0 Å². The van der Waals surface area contributed by atoms with Crippen molar-refractivity contribution in [2.75, 3.05) is 11.9 Å². The lowest BCUT2D eigenvalue weighted by molar-refractivity contribution is 0.585. The van der Waals surface area contributed by atoms with Crippen LogP contribution in [0.2, 0.25) is 0 Å². The van der Waals surface area contributed by atoms with Gasteiger partial charge in [0.15, 0.2) is 0 Å². The minimum absolute atomic E-state index is 0.0303. The molecule has 19 heavy (non-hydrogen) atoms. The number of fused-ring (bicyclic) bond motifs is 1. The maximum Gasteiger partial charge on any atom is 0.148 e. The van der Waals surface area contributed by atoms with Crippen LogP contribution in [-0.4, -0.2) is 6.54 Å². The van der Waals surface area contributed by atoms with E-state index < -0.39 is 11.6 Å². The van der Waals surface area contributed by atoms with Gasteiger partial charge in [-0.15, -0.1) is 0 Å². The fourth-order valence-electron chi connectivity index (χ4n) is 2.42. The highest BCUT2D eigenvalue weighted by Gasteiger charge is 2.16. The van der Waals surface area contributed by atoms with Crippen LogP contribution in [0.4, 0.5) is 14.5 Å². The lowest BCUT2D eigenvalue weighted by atomic mass is 9.97. The Hall–Kier alpha value is -1.42. The van der Waals surface area contributed by atoms with Gasteiger partial charge in [-0.2, -0.15) is 0 Å². The molecule has 0 radical (unpaired) electrons. The van der Waals surface area contributed by atoms with Gasteiger partial charge in [0, 0.05) is 12.2 Å². The Morgan fingerprint density at radius 2 is 1.95 bits per heavy atom. The minimum atomic E-state index is -0.552. The monoisotopic (exact) mass is 323 g/mol. The van der Waals surface area contributed by atoms with Crippen LogP contribution in [0.1, 0.15) is 12.0 Å². The molecule has 2 aromatic carbocycles. The van der Waals surface area contributed by atoms with Gasteiger partial charge in [-0.1, -0.05) is 6.07 Å². The largest absolute Gasteiger partial charge is 0.385 e. The molecule has 1 nitrogen and oxygen atoms in total. The fourth-order valence-corrected chi connectivity index (χ4v) is 2.75. The number of rotatable bonds is 1. The second kappa shape index (κ2) is 4.93. The molecule has 0 aromatic heterocycles. The van der Waals surface area contributed by atoms with E-state index in [4.69, 9.17) is 0 Å². The Kier molecular flexibility index (Phi) is 3.27. The lowest BCUT2D eigenvalue weighted by Crippen LogP contribution is -2.11. The Labute approximate surface area is 118 Å². The van der Waals surface area contributed by atoms with E-state index in [0.29, 0.717) is 5.56 Å². The standard InChI is InChI=1S/C15H12BrF2N/c16-11-4-5-12(17)14(15(11)18)10-3-6-13-9(8-10)2-1-7-19-13/h3-6,8,19H,1-2,7H2. The van der Waals surface area contributed by atoms with Crippen molar-refractivity contribution < 1.29 is 8.78 Å². The maximum atomic E-state index is 14.1. The summed E-state index contributed by atoms with van der Waals surface area (Å²) in [5.41, 5.74) is 2.79. The van der Waals surface area contributed by atoms with E-state index in [1.165, 1.54) is 12.1 Å². The average molecular weight is 324 g/mol. The summed E-state index contributed by atoms with van der Waals surface area (Å²) >= 11 is 3.10. The molecular formula is C15H12BrF2N. The number of halogens is 3. The molecule has 0 atom stereocenters. The number of benzene rings is 2. The van der Waals surface area contributed by atoms with Crippen LogP contribution in [0.25, 0.3) is 11.1 Å². The van der Waals surface area contributed by atoms with Gasteiger partial charge in [-0.3, -0.25) is 0 Å². The summed E-state index contributed by atoms with van der Waals surface area (Å²) in [4.78, 5) is 0. The van der Waals surface area contributed by atoms with Crippen molar-refractivity contribution in [3.63, 3.8) is 0 Å². The maximum absolute atomic E-state index is 14.1. The second-order valence-electron chi connectivity index (χ2n) is 4.62. The fraction of sp³-hybridized carbons (Fsp3) is 0.200. The summed E-state index contributed by atoms with van der Waals surface area (Å²) in [7, 11) is 0. The van der Waals surface area contributed by atoms with E-state index in [2.05, 4.69) is 21.2 Å². The zero-order valence-electron chi connectivity index (χ0n) is 10.1. The predicted octanol–water partition coefficient (Wildman–Crippen LogP) is 4.75. The van der Waals surface area contributed by atoms with Crippen molar-refractivity contribution in [1.29, 1.82) is 0 Å². The van der Waals surface area contributed by atoms with Crippen LogP contribution < -0.4 is 5.32 Å². The summed E-state index contributed by atoms with van der Waals surface area (Å²) in [6.07, 6.45) is 1.98. The molecule has 0 unspecified atom stereocenters. The van der Waals surface area contributed by atoms with Gasteiger partial charge in [-0.05, 0) is 64.2 Å². The van der Waals surface area contributed by atoms with Crippen molar-refractivity contribution in [3.8, 4) is 11.1 Å². The molecule has 0 aliphatic carbocycles. The van der Waals surface area contributed by atoms with Gasteiger partial charge in [0.25, 0.3) is 0 Å². The Morgan fingerprint density at radius 1 is 1.11 bits per heavy atom. The molecule has 1 aliphatic heterocycles.